The quantitative estimate of drug-likeness (QED) is 0.0243. The van der Waals surface area contributed by atoms with E-state index in [1.54, 1.807) is 6.07 Å². The topological polar surface area (TPSA) is 296 Å². The molecule has 254 valence electrons. The molecule has 0 unspecified atom stereocenters. The number of rotatable bonds is 13. The molecule has 1 aliphatic rings. The Hall–Kier alpha value is 1.66. The molecular formula is C25H12K4N6O14S4. The summed E-state index contributed by atoms with van der Waals surface area (Å²) in [6.45, 7) is 7.39. The normalized spacial score (nSPS) is 12.9. The van der Waals surface area contributed by atoms with Crippen LogP contribution in [0.4, 0.5) is 5.69 Å². The zero-order valence-electron chi connectivity index (χ0n) is 27.5. The number of para-hydroxylation sites is 1. The Balaban J connectivity index is 0.00000676. The van der Waals surface area contributed by atoms with Gasteiger partial charge in [-0.05, 0) is 54.0 Å². The first-order valence-corrected chi connectivity index (χ1v) is 16.7. The Bertz CT molecular complexity index is 2330. The van der Waals surface area contributed by atoms with E-state index in [4.69, 9.17) is 6.57 Å². The number of hydrogen-bond donors (Lipinski definition) is 1. The van der Waals surface area contributed by atoms with Crippen molar-refractivity contribution < 1.29 is 266 Å². The van der Waals surface area contributed by atoms with Crippen LogP contribution in [0.25, 0.3) is 16.6 Å². The molecule has 0 atom stereocenters. The van der Waals surface area contributed by atoms with Gasteiger partial charge in [-0.2, -0.15) is 13.9 Å². The van der Waals surface area contributed by atoms with E-state index in [0.717, 1.165) is 36.4 Å². The van der Waals surface area contributed by atoms with Crippen molar-refractivity contribution in [3.63, 3.8) is 0 Å². The predicted molar refractivity (Wildman–Crippen MR) is 156 cm³/mol. The SMILES string of the molecule is [C-]#[N+]C1=NN(c2cc(SOO[O-])ccc2S(=O)(=O)[O-])C(=O)C1=CCC=C=Cc1c(C#N)[nH]n(-c2c(SOO[O-])cccc2S(=O)(=O)[O-])c1=O.[K+].[K+].[K+].[K+]. The molecule has 1 amide bonds. The Morgan fingerprint density at radius 2 is 1.62 bits per heavy atom. The van der Waals surface area contributed by atoms with E-state index in [2.05, 4.69) is 39.5 Å². The second-order valence-corrected chi connectivity index (χ2v) is 13.0. The molecule has 2 heterocycles. The van der Waals surface area contributed by atoms with Crippen LogP contribution in [0.15, 0.2) is 89.3 Å². The van der Waals surface area contributed by atoms with E-state index in [1.807, 2.05) is 0 Å². The first kappa shape index (κ1) is 54.7. The van der Waals surface area contributed by atoms with Gasteiger partial charge in [-0.3, -0.25) is 24.8 Å². The third kappa shape index (κ3) is 14.1. The molecule has 0 aliphatic carbocycles. The van der Waals surface area contributed by atoms with Crippen molar-refractivity contribution >= 4 is 67.8 Å². The number of hydrazone groups is 1. The number of carbonyl (C=O) groups is 1. The Morgan fingerprint density at radius 3 is 2.21 bits per heavy atom. The minimum atomic E-state index is -5.21. The molecule has 0 fully saturated rings. The molecule has 0 bridgehead atoms. The maximum atomic E-state index is 13.3. The van der Waals surface area contributed by atoms with Crippen molar-refractivity contribution in [3.05, 3.63) is 92.9 Å². The van der Waals surface area contributed by atoms with Gasteiger partial charge in [-0.25, -0.2) is 21.5 Å². The van der Waals surface area contributed by atoms with Crippen molar-refractivity contribution in [2.75, 3.05) is 5.01 Å². The van der Waals surface area contributed by atoms with Gasteiger partial charge in [0.15, 0.2) is 0 Å². The number of carbonyl (C=O) groups excluding carboxylic acids is 1. The van der Waals surface area contributed by atoms with Crippen LogP contribution in [0.3, 0.4) is 0 Å². The summed E-state index contributed by atoms with van der Waals surface area (Å²) >= 11 is 0.506. The van der Waals surface area contributed by atoms with Gasteiger partial charge >= 0.3 is 211 Å². The minimum Gasteiger partial charge on any atom is -0.744 e. The number of allylic oxidation sites excluding steroid dienone is 2. The smallest absolute Gasteiger partial charge is 0.744 e. The van der Waals surface area contributed by atoms with Crippen LogP contribution >= 0.6 is 24.1 Å². The van der Waals surface area contributed by atoms with Crippen LogP contribution in [0.5, 0.6) is 0 Å². The van der Waals surface area contributed by atoms with Crippen molar-refractivity contribution in [1.82, 2.24) is 9.78 Å². The zero-order valence-corrected chi connectivity index (χ0v) is 43.2. The van der Waals surface area contributed by atoms with Gasteiger partial charge in [-0.15, -0.1) is 10.7 Å². The number of nitrogens with zero attached hydrogens (tertiary/aromatic N) is 5. The monoisotopic (exact) mass is 904 g/mol. The molecule has 0 saturated heterocycles. The summed E-state index contributed by atoms with van der Waals surface area (Å²) in [4.78, 5) is 27.6. The fourth-order valence-electron chi connectivity index (χ4n) is 4.06. The molecular weight excluding hydrogens is 893 g/mol. The van der Waals surface area contributed by atoms with Gasteiger partial charge in [0.2, 0.25) is 0 Å². The molecule has 53 heavy (non-hydrogen) atoms. The summed E-state index contributed by atoms with van der Waals surface area (Å²) in [5.41, 5.74) is -0.650. The molecule has 0 radical (unpaired) electrons. The second kappa shape index (κ2) is 25.3. The number of H-pyrrole nitrogens is 1. The number of amides is 1. The van der Waals surface area contributed by atoms with Crippen molar-refractivity contribution in [2.45, 2.75) is 26.0 Å². The van der Waals surface area contributed by atoms with Crippen molar-refractivity contribution in [2.24, 2.45) is 5.10 Å². The third-order valence-corrected chi connectivity index (χ3v) is 8.93. The summed E-state index contributed by atoms with van der Waals surface area (Å²) in [5, 5.41) is 43.2. The standard InChI is InChI=1S/C25H16N6O14S4.4K/c1-27-23-16(25(33)30(29-23)18-12-14(46-44-42-34)10-11-20(18)48(36,37)38)7-4-2-3-6-15-17(13-26)28-31(24(15)32)22-19(47-45-43-35)8-5-9-21(22)49(39,40)41;;;;/h2,5-12,28,34-35H,4H2,(H,36,37,38)(H,39,40,41);;;;/q;4*+1/p-4. The molecule has 1 N–H and O–H groups in total. The van der Waals surface area contributed by atoms with E-state index in [0.29, 0.717) is 21.7 Å². The molecule has 28 heteroatoms. The van der Waals surface area contributed by atoms with E-state index in [1.165, 1.54) is 18.2 Å². The fourth-order valence-corrected chi connectivity index (χ4v) is 6.35. The van der Waals surface area contributed by atoms with Crippen LogP contribution in [-0.2, 0) is 43.8 Å². The largest absolute Gasteiger partial charge is 1.00 e. The summed E-state index contributed by atoms with van der Waals surface area (Å²) in [6.07, 6.45) is 3.28. The maximum Gasteiger partial charge on any atom is 1.00 e. The zero-order chi connectivity index (χ0) is 35.9. The van der Waals surface area contributed by atoms with Crippen LogP contribution < -0.4 is 227 Å². The van der Waals surface area contributed by atoms with Gasteiger partial charge in [0.05, 0.1) is 55.6 Å². The summed E-state index contributed by atoms with van der Waals surface area (Å²) < 4.78 is 80.2. The fraction of sp³-hybridized carbons (Fsp3) is 0.0400. The predicted octanol–water partition coefficient (Wildman–Crippen LogP) is -11.9. The first-order valence-electron chi connectivity index (χ1n) is 12.4. The number of benzene rings is 2. The average molecular weight is 905 g/mol. The summed E-state index contributed by atoms with van der Waals surface area (Å²) in [7, 11) is -10.4. The third-order valence-electron chi connectivity index (χ3n) is 5.98. The molecule has 20 nitrogen and oxygen atoms in total. The van der Waals surface area contributed by atoms with Gasteiger partial charge in [0.1, 0.15) is 37.7 Å². The summed E-state index contributed by atoms with van der Waals surface area (Å²) in [6, 6.07) is 7.79. The van der Waals surface area contributed by atoms with Gasteiger partial charge in [0, 0.05) is 4.90 Å². The number of aromatic nitrogens is 2. The first-order chi connectivity index (χ1) is 23.3. The van der Waals surface area contributed by atoms with E-state index >= 15 is 0 Å². The molecule has 1 aliphatic heterocycles. The Morgan fingerprint density at radius 1 is 0.981 bits per heavy atom. The van der Waals surface area contributed by atoms with E-state index in [-0.39, 0.29) is 245 Å². The number of anilines is 1. The number of hydrogen-bond acceptors (Lipinski definition) is 18. The van der Waals surface area contributed by atoms with Crippen LogP contribution in [-0.4, -0.2) is 47.5 Å². The van der Waals surface area contributed by atoms with Crippen LogP contribution in [0.1, 0.15) is 17.7 Å². The molecule has 1 aromatic heterocycles. The van der Waals surface area contributed by atoms with Crippen LogP contribution in [0, 0.1) is 17.9 Å². The van der Waals surface area contributed by atoms with Crippen LogP contribution in [0.2, 0.25) is 0 Å². The molecule has 0 saturated carbocycles. The Kier molecular flexibility index (Phi) is 26.1. The number of nitriles is 1. The van der Waals surface area contributed by atoms with Crippen molar-refractivity contribution in [1.29, 1.82) is 5.26 Å². The second-order valence-electron chi connectivity index (χ2n) is 8.75. The van der Waals surface area contributed by atoms with Crippen molar-refractivity contribution in [3.8, 4) is 11.8 Å². The number of nitrogens with one attached hydrogen (secondary N) is 1. The molecule has 2 aromatic carbocycles. The molecule has 0 spiro atoms. The maximum absolute atomic E-state index is 13.3. The average Bonchev–Trinajstić information content (AvgIpc) is 3.55. The molecule has 4 rings (SSSR count). The van der Waals surface area contributed by atoms with Gasteiger partial charge in [-0.1, -0.05) is 18.7 Å². The number of aromatic amines is 1. The van der Waals surface area contributed by atoms with Gasteiger partial charge in [0.25, 0.3) is 11.5 Å². The van der Waals surface area contributed by atoms with E-state index in [9.17, 15) is 51.3 Å². The van der Waals surface area contributed by atoms with Gasteiger partial charge < -0.3 is 24.5 Å². The Labute approximate surface area is 478 Å². The van der Waals surface area contributed by atoms with E-state index < -0.39 is 64.4 Å². The molecule has 3 aromatic rings. The summed E-state index contributed by atoms with van der Waals surface area (Å²) in [5.74, 6) is -1.50. The minimum absolute atomic E-state index is 0. The number of amidine groups is 1.